The number of thiazole rings is 1. The number of carbonyl (C=O) groups excluding carboxylic acids is 1. The van der Waals surface area contributed by atoms with Gasteiger partial charge in [-0.25, -0.2) is 4.98 Å². The zero-order valence-corrected chi connectivity index (χ0v) is 18.5. The second-order valence-corrected chi connectivity index (χ2v) is 8.76. The number of aromatic nitrogens is 2. The number of carbonyl (C=O) groups is 1. The summed E-state index contributed by atoms with van der Waals surface area (Å²) in [6.45, 7) is 4.53. The largest absolute Gasteiger partial charge is 0.278 e. The first kappa shape index (κ1) is 19.0. The molecule has 0 bridgehead atoms. The molecule has 0 N–H and O–H groups in total. The molecule has 2 heterocycles. The van der Waals surface area contributed by atoms with Crippen LogP contribution in [0.4, 0.5) is 5.13 Å². The van der Waals surface area contributed by atoms with Crippen molar-refractivity contribution in [1.82, 2.24) is 9.97 Å². The summed E-state index contributed by atoms with van der Waals surface area (Å²) in [6.07, 6.45) is 1.75. The van der Waals surface area contributed by atoms with E-state index in [-0.39, 0.29) is 5.91 Å². The molecule has 0 radical (unpaired) electrons. The van der Waals surface area contributed by atoms with Crippen LogP contribution < -0.4 is 4.90 Å². The molecule has 0 unspecified atom stereocenters. The lowest BCUT2D eigenvalue weighted by molar-refractivity contribution is 0.0984. The quantitative estimate of drug-likeness (QED) is 0.336. The number of amides is 1. The first-order valence-electron chi connectivity index (χ1n) is 8.87. The molecule has 28 heavy (non-hydrogen) atoms. The molecule has 0 saturated carbocycles. The van der Waals surface area contributed by atoms with Gasteiger partial charge in [-0.3, -0.25) is 14.7 Å². The predicted molar refractivity (Wildman–Crippen MR) is 123 cm³/mol. The summed E-state index contributed by atoms with van der Waals surface area (Å²) in [5.41, 5.74) is 4.78. The van der Waals surface area contributed by atoms with E-state index in [9.17, 15) is 4.79 Å². The first-order chi connectivity index (χ1) is 13.5. The van der Waals surface area contributed by atoms with E-state index in [1.54, 1.807) is 22.4 Å². The molecule has 0 saturated heterocycles. The lowest BCUT2D eigenvalue weighted by Crippen LogP contribution is -2.31. The van der Waals surface area contributed by atoms with E-state index in [2.05, 4.69) is 53.6 Å². The van der Waals surface area contributed by atoms with Crippen LogP contribution in [0.15, 0.2) is 60.8 Å². The molecule has 4 rings (SSSR count). The Morgan fingerprint density at radius 3 is 2.64 bits per heavy atom. The van der Waals surface area contributed by atoms with Crippen molar-refractivity contribution in [2.24, 2.45) is 0 Å². The van der Waals surface area contributed by atoms with Gasteiger partial charge in [-0.05, 0) is 77.9 Å². The summed E-state index contributed by atoms with van der Waals surface area (Å²) in [5, 5.41) is 0.694. The molecule has 0 aliphatic carbocycles. The number of benzene rings is 2. The van der Waals surface area contributed by atoms with Crippen LogP contribution in [0.2, 0.25) is 0 Å². The molecule has 0 atom stereocenters. The standard InChI is InChI=1S/C22H18IN3OS/c1-14-11-15(2)20-19(12-14)25-22(28-20)26(13-16-7-5-6-10-24-16)21(27)17-8-3-4-9-18(17)23/h3-12H,13H2,1-2H3. The Labute approximate surface area is 181 Å². The third-order valence-corrected chi connectivity index (χ3v) is 6.61. The number of rotatable bonds is 4. The molecule has 4 nitrogen and oxygen atoms in total. The topological polar surface area (TPSA) is 46.1 Å². The number of hydrogen-bond donors (Lipinski definition) is 0. The third-order valence-electron chi connectivity index (χ3n) is 4.44. The van der Waals surface area contributed by atoms with E-state index in [4.69, 9.17) is 4.98 Å². The van der Waals surface area contributed by atoms with Crippen LogP contribution in [-0.4, -0.2) is 15.9 Å². The maximum Gasteiger partial charge on any atom is 0.261 e. The summed E-state index contributed by atoms with van der Waals surface area (Å²) >= 11 is 3.76. The fraction of sp³-hybridized carbons (Fsp3) is 0.136. The van der Waals surface area contributed by atoms with Gasteiger partial charge >= 0.3 is 0 Å². The number of aryl methyl sites for hydroxylation is 2. The summed E-state index contributed by atoms with van der Waals surface area (Å²) in [7, 11) is 0. The number of fused-ring (bicyclic) bond motifs is 1. The van der Waals surface area contributed by atoms with Crippen LogP contribution in [-0.2, 0) is 6.54 Å². The van der Waals surface area contributed by atoms with Crippen molar-refractivity contribution < 1.29 is 4.79 Å². The molecule has 0 fully saturated rings. The van der Waals surface area contributed by atoms with Gasteiger partial charge in [0.05, 0.1) is 28.0 Å². The molecular formula is C22H18IN3OS. The SMILES string of the molecule is Cc1cc(C)c2sc(N(Cc3ccccn3)C(=O)c3ccccc3I)nc2c1. The monoisotopic (exact) mass is 499 g/mol. The van der Waals surface area contributed by atoms with E-state index in [1.165, 1.54) is 11.1 Å². The van der Waals surface area contributed by atoms with Gasteiger partial charge in [-0.1, -0.05) is 35.6 Å². The minimum absolute atomic E-state index is 0.0657. The third kappa shape index (κ3) is 3.79. The molecule has 0 aliphatic rings. The minimum atomic E-state index is -0.0657. The second kappa shape index (κ2) is 7.97. The number of pyridine rings is 1. The van der Waals surface area contributed by atoms with Crippen LogP contribution in [0.5, 0.6) is 0 Å². The summed E-state index contributed by atoms with van der Waals surface area (Å²) in [5.74, 6) is -0.0657. The van der Waals surface area contributed by atoms with Crippen molar-refractivity contribution in [1.29, 1.82) is 0 Å². The van der Waals surface area contributed by atoms with Crippen LogP contribution in [0.3, 0.4) is 0 Å². The number of nitrogens with zero attached hydrogens (tertiary/aromatic N) is 3. The second-order valence-electron chi connectivity index (χ2n) is 6.62. The number of anilines is 1. The van der Waals surface area contributed by atoms with Crippen LogP contribution >= 0.6 is 33.9 Å². The highest BCUT2D eigenvalue weighted by Gasteiger charge is 2.24. The van der Waals surface area contributed by atoms with Gasteiger partial charge in [-0.15, -0.1) is 0 Å². The van der Waals surface area contributed by atoms with Gasteiger partial charge in [0, 0.05) is 9.77 Å². The van der Waals surface area contributed by atoms with Gasteiger partial charge in [-0.2, -0.15) is 0 Å². The van der Waals surface area contributed by atoms with Crippen molar-refractivity contribution in [2.75, 3.05) is 4.90 Å². The van der Waals surface area contributed by atoms with E-state index in [0.29, 0.717) is 17.2 Å². The fourth-order valence-electron chi connectivity index (χ4n) is 3.14. The molecule has 0 aliphatic heterocycles. The summed E-state index contributed by atoms with van der Waals surface area (Å²) < 4.78 is 2.03. The van der Waals surface area contributed by atoms with Crippen molar-refractivity contribution in [3.05, 3.63) is 86.7 Å². The molecule has 4 aromatic rings. The Hall–Kier alpha value is -2.32. The molecule has 0 spiro atoms. The van der Waals surface area contributed by atoms with E-state index < -0.39 is 0 Å². The van der Waals surface area contributed by atoms with Crippen LogP contribution in [0.1, 0.15) is 27.2 Å². The summed E-state index contributed by atoms with van der Waals surface area (Å²) in [6, 6.07) is 17.6. The zero-order chi connectivity index (χ0) is 19.7. The highest BCUT2D eigenvalue weighted by molar-refractivity contribution is 14.1. The highest BCUT2D eigenvalue weighted by Crippen LogP contribution is 2.33. The molecule has 2 aromatic carbocycles. The summed E-state index contributed by atoms with van der Waals surface area (Å²) in [4.78, 5) is 24.4. The lowest BCUT2D eigenvalue weighted by atomic mass is 10.1. The van der Waals surface area contributed by atoms with E-state index in [1.807, 2.05) is 42.5 Å². The van der Waals surface area contributed by atoms with Gasteiger partial charge in [0.15, 0.2) is 5.13 Å². The Balaban J connectivity index is 1.82. The van der Waals surface area contributed by atoms with Crippen LogP contribution in [0, 0.1) is 17.4 Å². The zero-order valence-electron chi connectivity index (χ0n) is 15.5. The van der Waals surface area contributed by atoms with Crippen molar-refractivity contribution in [3.8, 4) is 0 Å². The average molecular weight is 499 g/mol. The van der Waals surface area contributed by atoms with Crippen molar-refractivity contribution >= 4 is 55.2 Å². The maximum absolute atomic E-state index is 13.5. The van der Waals surface area contributed by atoms with Gasteiger partial charge in [0.25, 0.3) is 5.91 Å². The highest BCUT2D eigenvalue weighted by atomic mass is 127. The number of hydrogen-bond acceptors (Lipinski definition) is 4. The Morgan fingerprint density at radius 1 is 1.11 bits per heavy atom. The Kier molecular flexibility index (Phi) is 5.41. The maximum atomic E-state index is 13.5. The van der Waals surface area contributed by atoms with Gasteiger partial charge < -0.3 is 0 Å². The molecule has 6 heteroatoms. The normalized spacial score (nSPS) is 11.0. The van der Waals surface area contributed by atoms with Crippen LogP contribution in [0.25, 0.3) is 10.2 Å². The average Bonchev–Trinajstić information content (AvgIpc) is 3.11. The number of halogens is 1. The predicted octanol–water partition coefficient (Wildman–Crippen LogP) is 5.76. The molecule has 2 aromatic heterocycles. The molecule has 140 valence electrons. The molecular weight excluding hydrogens is 481 g/mol. The first-order valence-corrected chi connectivity index (χ1v) is 10.8. The van der Waals surface area contributed by atoms with Gasteiger partial charge in [0.1, 0.15) is 0 Å². The Bertz CT molecular complexity index is 1160. The lowest BCUT2D eigenvalue weighted by Gasteiger charge is -2.20. The minimum Gasteiger partial charge on any atom is -0.278 e. The van der Waals surface area contributed by atoms with E-state index in [0.717, 1.165) is 19.5 Å². The fourth-order valence-corrected chi connectivity index (χ4v) is 4.77. The van der Waals surface area contributed by atoms with Crippen molar-refractivity contribution in [3.63, 3.8) is 0 Å². The van der Waals surface area contributed by atoms with E-state index >= 15 is 0 Å². The molecule has 1 amide bonds. The van der Waals surface area contributed by atoms with Crippen molar-refractivity contribution in [2.45, 2.75) is 20.4 Å². The van der Waals surface area contributed by atoms with Gasteiger partial charge in [0.2, 0.25) is 0 Å². The smallest absolute Gasteiger partial charge is 0.261 e. The Morgan fingerprint density at radius 2 is 1.89 bits per heavy atom.